The Labute approximate surface area is 85.2 Å². The third-order valence-electron chi connectivity index (χ3n) is 2.76. The normalized spacial score (nSPS) is 19.1. The fourth-order valence-electron chi connectivity index (χ4n) is 1.25. The van der Waals surface area contributed by atoms with Gasteiger partial charge in [-0.05, 0) is 11.8 Å². The van der Waals surface area contributed by atoms with Crippen molar-refractivity contribution in [3.8, 4) is 0 Å². The van der Waals surface area contributed by atoms with Crippen LogP contribution in [0.5, 0.6) is 0 Å². The maximum absolute atomic E-state index is 9.64. The van der Waals surface area contributed by atoms with Crippen molar-refractivity contribution >= 4 is 0 Å². The van der Waals surface area contributed by atoms with Crippen molar-refractivity contribution < 1.29 is 20.4 Å². The Balaban J connectivity index is 4.20. The molecule has 4 heteroatoms. The highest BCUT2D eigenvalue weighted by Crippen LogP contribution is 2.28. The molecule has 0 fully saturated rings. The van der Waals surface area contributed by atoms with Crippen LogP contribution in [0.4, 0.5) is 0 Å². The lowest BCUT2D eigenvalue weighted by Gasteiger charge is -2.32. The molecule has 3 unspecified atom stereocenters. The van der Waals surface area contributed by atoms with Crippen LogP contribution in [0.2, 0.25) is 0 Å². The van der Waals surface area contributed by atoms with Gasteiger partial charge >= 0.3 is 0 Å². The van der Waals surface area contributed by atoms with E-state index in [1.165, 1.54) is 0 Å². The van der Waals surface area contributed by atoms with Crippen LogP contribution in [-0.2, 0) is 0 Å². The molecular weight excluding hydrogens is 184 g/mol. The topological polar surface area (TPSA) is 80.9 Å². The molecule has 0 saturated heterocycles. The molecule has 4 nitrogen and oxygen atoms in total. The lowest BCUT2D eigenvalue weighted by molar-refractivity contribution is -0.0377. The second-order valence-electron chi connectivity index (χ2n) is 4.62. The van der Waals surface area contributed by atoms with Gasteiger partial charge in [-0.25, -0.2) is 0 Å². The van der Waals surface area contributed by atoms with Crippen LogP contribution in [0.1, 0.15) is 27.2 Å². The standard InChI is InChI=1S/C10H22O4/c1-7(5-11)8(13)4-10(2,3)9(14)6-12/h7-9,11-14H,4-6H2,1-3H3. The van der Waals surface area contributed by atoms with E-state index in [9.17, 15) is 10.2 Å². The fourth-order valence-corrected chi connectivity index (χ4v) is 1.25. The van der Waals surface area contributed by atoms with E-state index >= 15 is 0 Å². The first-order valence-electron chi connectivity index (χ1n) is 4.93. The van der Waals surface area contributed by atoms with Gasteiger partial charge in [-0.2, -0.15) is 0 Å². The Morgan fingerprint density at radius 1 is 1.07 bits per heavy atom. The average molecular weight is 206 g/mol. The number of hydrogen-bond acceptors (Lipinski definition) is 4. The summed E-state index contributed by atoms with van der Waals surface area (Å²) in [6.07, 6.45) is -1.14. The van der Waals surface area contributed by atoms with E-state index in [-0.39, 0.29) is 19.1 Å². The lowest BCUT2D eigenvalue weighted by atomic mass is 9.79. The van der Waals surface area contributed by atoms with E-state index < -0.39 is 17.6 Å². The van der Waals surface area contributed by atoms with Crippen LogP contribution in [0.25, 0.3) is 0 Å². The molecule has 4 N–H and O–H groups in total. The summed E-state index contributed by atoms with van der Waals surface area (Å²) in [6, 6.07) is 0. The Morgan fingerprint density at radius 2 is 1.57 bits per heavy atom. The molecule has 0 radical (unpaired) electrons. The molecule has 86 valence electrons. The van der Waals surface area contributed by atoms with E-state index in [1.54, 1.807) is 20.8 Å². The third kappa shape index (κ3) is 3.92. The molecular formula is C10H22O4. The maximum Gasteiger partial charge on any atom is 0.0822 e. The molecule has 3 atom stereocenters. The Morgan fingerprint density at radius 3 is 1.93 bits per heavy atom. The smallest absolute Gasteiger partial charge is 0.0822 e. The minimum Gasteiger partial charge on any atom is -0.396 e. The van der Waals surface area contributed by atoms with Crippen LogP contribution in [-0.4, -0.2) is 45.8 Å². The van der Waals surface area contributed by atoms with E-state index in [4.69, 9.17) is 10.2 Å². The summed E-state index contributed by atoms with van der Waals surface area (Å²) in [5, 5.41) is 36.7. The van der Waals surface area contributed by atoms with Crippen LogP contribution in [0.3, 0.4) is 0 Å². The molecule has 0 aliphatic heterocycles. The maximum atomic E-state index is 9.64. The summed E-state index contributed by atoms with van der Waals surface area (Å²) < 4.78 is 0. The minimum atomic E-state index is -0.844. The van der Waals surface area contributed by atoms with Gasteiger partial charge in [0, 0.05) is 12.5 Å². The Hall–Kier alpha value is -0.160. The molecule has 14 heavy (non-hydrogen) atoms. The molecule has 0 amide bonds. The van der Waals surface area contributed by atoms with Crippen molar-refractivity contribution in [3.05, 3.63) is 0 Å². The van der Waals surface area contributed by atoms with Crippen LogP contribution in [0, 0.1) is 11.3 Å². The summed E-state index contributed by atoms with van der Waals surface area (Å²) in [5.41, 5.74) is -0.544. The van der Waals surface area contributed by atoms with E-state index in [1.807, 2.05) is 0 Å². The van der Waals surface area contributed by atoms with E-state index in [2.05, 4.69) is 0 Å². The molecule has 0 rings (SSSR count). The summed E-state index contributed by atoms with van der Waals surface area (Å²) >= 11 is 0. The molecule has 0 aromatic heterocycles. The SMILES string of the molecule is CC(CO)C(O)CC(C)(C)C(O)CO. The van der Waals surface area contributed by atoms with Crippen molar-refractivity contribution in [3.63, 3.8) is 0 Å². The molecule has 0 aliphatic rings. The molecule has 0 aliphatic carbocycles. The second-order valence-corrected chi connectivity index (χ2v) is 4.62. The first-order chi connectivity index (χ1) is 6.35. The van der Waals surface area contributed by atoms with Gasteiger partial charge in [0.25, 0.3) is 0 Å². The van der Waals surface area contributed by atoms with Crippen molar-refractivity contribution in [1.82, 2.24) is 0 Å². The number of aliphatic hydroxyl groups excluding tert-OH is 4. The van der Waals surface area contributed by atoms with Gasteiger partial charge in [0.1, 0.15) is 0 Å². The number of aliphatic hydroxyl groups is 4. The lowest BCUT2D eigenvalue weighted by Crippen LogP contribution is -2.37. The highest BCUT2D eigenvalue weighted by atomic mass is 16.3. The predicted octanol–water partition coefficient (Wildman–Crippen LogP) is -0.255. The first kappa shape index (κ1) is 13.8. The van der Waals surface area contributed by atoms with Crippen molar-refractivity contribution in [1.29, 1.82) is 0 Å². The number of rotatable bonds is 6. The van der Waals surface area contributed by atoms with E-state index in [0.29, 0.717) is 6.42 Å². The van der Waals surface area contributed by atoms with Gasteiger partial charge in [-0.3, -0.25) is 0 Å². The van der Waals surface area contributed by atoms with Gasteiger partial charge in [-0.1, -0.05) is 20.8 Å². The van der Waals surface area contributed by atoms with Crippen molar-refractivity contribution in [2.75, 3.05) is 13.2 Å². The molecule has 0 aromatic carbocycles. The summed E-state index contributed by atoms with van der Waals surface area (Å²) in [4.78, 5) is 0. The predicted molar refractivity (Wildman–Crippen MR) is 53.7 cm³/mol. The molecule has 0 saturated carbocycles. The Bertz CT molecular complexity index is 158. The summed E-state index contributed by atoms with van der Waals surface area (Å²) in [7, 11) is 0. The fraction of sp³-hybridized carbons (Fsp3) is 1.00. The zero-order valence-electron chi connectivity index (χ0n) is 9.14. The molecule has 0 aromatic rings. The van der Waals surface area contributed by atoms with Gasteiger partial charge in [0.2, 0.25) is 0 Å². The quantitative estimate of drug-likeness (QED) is 0.483. The first-order valence-corrected chi connectivity index (χ1v) is 4.93. The van der Waals surface area contributed by atoms with Gasteiger partial charge in [0.05, 0.1) is 18.8 Å². The van der Waals surface area contributed by atoms with E-state index in [0.717, 1.165) is 0 Å². The van der Waals surface area contributed by atoms with Crippen molar-refractivity contribution in [2.24, 2.45) is 11.3 Å². The van der Waals surface area contributed by atoms with Crippen LogP contribution < -0.4 is 0 Å². The number of hydrogen-bond donors (Lipinski definition) is 4. The van der Waals surface area contributed by atoms with Gasteiger partial charge in [-0.15, -0.1) is 0 Å². The largest absolute Gasteiger partial charge is 0.396 e. The van der Waals surface area contributed by atoms with Crippen molar-refractivity contribution in [2.45, 2.75) is 39.4 Å². The highest BCUT2D eigenvalue weighted by molar-refractivity contribution is 4.81. The molecule has 0 heterocycles. The summed E-state index contributed by atoms with van der Waals surface area (Å²) in [6.45, 7) is 4.91. The summed E-state index contributed by atoms with van der Waals surface area (Å²) in [5.74, 6) is -0.208. The highest BCUT2D eigenvalue weighted by Gasteiger charge is 2.31. The molecule has 0 bridgehead atoms. The minimum absolute atomic E-state index is 0.0769. The second kappa shape index (κ2) is 5.66. The monoisotopic (exact) mass is 206 g/mol. The zero-order chi connectivity index (χ0) is 11.4. The third-order valence-corrected chi connectivity index (χ3v) is 2.76. The Kier molecular flexibility index (Phi) is 5.59. The molecule has 0 spiro atoms. The zero-order valence-corrected chi connectivity index (χ0v) is 9.14. The average Bonchev–Trinajstić information content (AvgIpc) is 2.14. The van der Waals surface area contributed by atoms with Crippen LogP contribution in [0.15, 0.2) is 0 Å². The van der Waals surface area contributed by atoms with Gasteiger partial charge in [0.15, 0.2) is 0 Å². The van der Waals surface area contributed by atoms with Crippen LogP contribution >= 0.6 is 0 Å². The van der Waals surface area contributed by atoms with Gasteiger partial charge < -0.3 is 20.4 Å².